The van der Waals surface area contributed by atoms with E-state index in [-0.39, 0.29) is 6.61 Å². The Morgan fingerprint density at radius 1 is 1.09 bits per heavy atom. The van der Waals surface area contributed by atoms with Crippen LogP contribution in [-0.2, 0) is 18.4 Å². The molecule has 0 atom stereocenters. The van der Waals surface area contributed by atoms with Crippen LogP contribution in [0.3, 0.4) is 0 Å². The first-order chi connectivity index (χ1) is 15.8. The van der Waals surface area contributed by atoms with Crippen molar-refractivity contribution in [1.29, 1.82) is 0 Å². The fourth-order valence-electron chi connectivity index (χ4n) is 4.44. The normalized spacial score (nSPS) is 14.8. The van der Waals surface area contributed by atoms with E-state index in [1.807, 2.05) is 50.0 Å². The standard InChI is InChI=1S/C25H27Cl2N3O3/c1-28(2)17-10-12-30(13-11-17)25(32)24(31)23-18-6-4-5-7-20(18)29(3)21(23)15-33-22-9-8-16(26)14-19(22)27/h4-9,14,17H,10-13,15H2,1-3H3. The number of likely N-dealkylation sites (tertiary alicyclic amines) is 1. The first-order valence-corrected chi connectivity index (χ1v) is 11.7. The highest BCUT2D eigenvalue weighted by atomic mass is 35.5. The Bertz CT molecular complexity index is 1200. The average molecular weight is 488 g/mol. The van der Waals surface area contributed by atoms with Crippen LogP contribution in [0.5, 0.6) is 5.75 Å². The van der Waals surface area contributed by atoms with E-state index in [4.69, 9.17) is 27.9 Å². The molecule has 1 saturated heterocycles. The molecule has 33 heavy (non-hydrogen) atoms. The second-order valence-electron chi connectivity index (χ2n) is 8.58. The van der Waals surface area contributed by atoms with Crippen LogP contribution in [0.25, 0.3) is 10.9 Å². The third-order valence-electron chi connectivity index (χ3n) is 6.39. The summed E-state index contributed by atoms with van der Waals surface area (Å²) in [6, 6.07) is 13.0. The van der Waals surface area contributed by atoms with E-state index in [0.29, 0.717) is 46.2 Å². The van der Waals surface area contributed by atoms with Crippen molar-refractivity contribution < 1.29 is 14.3 Å². The molecular formula is C25H27Cl2N3O3. The molecule has 0 aliphatic carbocycles. The highest BCUT2D eigenvalue weighted by Gasteiger charge is 2.32. The van der Waals surface area contributed by atoms with E-state index >= 15 is 0 Å². The number of para-hydroxylation sites is 1. The summed E-state index contributed by atoms with van der Waals surface area (Å²) in [4.78, 5) is 30.6. The molecule has 0 unspecified atom stereocenters. The molecule has 1 aliphatic heterocycles. The van der Waals surface area contributed by atoms with Gasteiger partial charge in [0.2, 0.25) is 0 Å². The number of amides is 1. The summed E-state index contributed by atoms with van der Waals surface area (Å²) in [5.41, 5.74) is 1.88. The number of halogens is 2. The fraction of sp³-hybridized carbons (Fsp3) is 0.360. The Hall–Kier alpha value is -2.54. The average Bonchev–Trinajstić information content (AvgIpc) is 3.09. The zero-order valence-electron chi connectivity index (χ0n) is 19.0. The molecule has 1 fully saturated rings. The number of aromatic nitrogens is 1. The number of rotatable bonds is 6. The summed E-state index contributed by atoms with van der Waals surface area (Å²) in [6.07, 6.45) is 1.71. The molecule has 1 aromatic heterocycles. The van der Waals surface area contributed by atoms with Crippen LogP contribution in [0.15, 0.2) is 42.5 Å². The largest absolute Gasteiger partial charge is 0.486 e. The highest BCUT2D eigenvalue weighted by molar-refractivity contribution is 6.45. The zero-order valence-corrected chi connectivity index (χ0v) is 20.5. The Labute approximate surface area is 203 Å². The minimum absolute atomic E-state index is 0.0869. The smallest absolute Gasteiger partial charge is 0.295 e. The lowest BCUT2D eigenvalue weighted by atomic mass is 10.0. The van der Waals surface area contributed by atoms with Gasteiger partial charge in [0.1, 0.15) is 12.4 Å². The molecule has 8 heteroatoms. The number of fused-ring (bicyclic) bond motifs is 1. The van der Waals surface area contributed by atoms with Crippen LogP contribution in [0.2, 0.25) is 10.0 Å². The molecule has 0 saturated carbocycles. The van der Waals surface area contributed by atoms with Gasteiger partial charge < -0.3 is 19.1 Å². The lowest BCUT2D eigenvalue weighted by Gasteiger charge is -2.34. The summed E-state index contributed by atoms with van der Waals surface area (Å²) < 4.78 is 7.85. The van der Waals surface area contributed by atoms with Gasteiger partial charge in [0.25, 0.3) is 11.7 Å². The number of nitrogens with zero attached hydrogens (tertiary/aromatic N) is 3. The van der Waals surface area contributed by atoms with Gasteiger partial charge >= 0.3 is 0 Å². The highest BCUT2D eigenvalue weighted by Crippen LogP contribution is 2.31. The van der Waals surface area contributed by atoms with E-state index in [0.717, 1.165) is 23.7 Å². The van der Waals surface area contributed by atoms with Crippen molar-refractivity contribution in [2.24, 2.45) is 7.05 Å². The number of benzene rings is 2. The van der Waals surface area contributed by atoms with Gasteiger partial charge in [0.05, 0.1) is 16.3 Å². The molecular weight excluding hydrogens is 461 g/mol. The van der Waals surface area contributed by atoms with E-state index < -0.39 is 11.7 Å². The molecule has 0 radical (unpaired) electrons. The lowest BCUT2D eigenvalue weighted by Crippen LogP contribution is -2.46. The molecule has 0 spiro atoms. The number of carbonyl (C=O) groups excluding carboxylic acids is 2. The number of ketones is 1. The van der Waals surface area contributed by atoms with Gasteiger partial charge in [0.15, 0.2) is 0 Å². The van der Waals surface area contributed by atoms with Gasteiger partial charge in [0, 0.05) is 42.1 Å². The van der Waals surface area contributed by atoms with Crippen LogP contribution < -0.4 is 4.74 Å². The van der Waals surface area contributed by atoms with Gasteiger partial charge in [-0.25, -0.2) is 0 Å². The maximum atomic E-state index is 13.5. The van der Waals surface area contributed by atoms with E-state index in [1.54, 1.807) is 23.1 Å². The fourth-order valence-corrected chi connectivity index (χ4v) is 4.91. The van der Waals surface area contributed by atoms with E-state index in [1.165, 1.54) is 0 Å². The minimum atomic E-state index is -0.504. The molecule has 1 amide bonds. The zero-order chi connectivity index (χ0) is 23.7. The topological polar surface area (TPSA) is 54.8 Å². The summed E-state index contributed by atoms with van der Waals surface area (Å²) >= 11 is 12.2. The molecule has 2 heterocycles. The van der Waals surface area contributed by atoms with Crippen molar-refractivity contribution >= 4 is 45.8 Å². The molecule has 6 nitrogen and oxygen atoms in total. The van der Waals surface area contributed by atoms with Crippen molar-refractivity contribution in [3.63, 3.8) is 0 Å². The minimum Gasteiger partial charge on any atom is -0.486 e. The van der Waals surface area contributed by atoms with Gasteiger partial charge in [-0.05, 0) is 51.2 Å². The molecule has 0 N–H and O–H groups in total. The summed E-state index contributed by atoms with van der Waals surface area (Å²) in [6.45, 7) is 1.23. The molecule has 1 aliphatic rings. The molecule has 2 aromatic carbocycles. The number of hydrogen-bond acceptors (Lipinski definition) is 4. The van der Waals surface area contributed by atoms with Crippen LogP contribution in [0.4, 0.5) is 0 Å². The van der Waals surface area contributed by atoms with Crippen molar-refractivity contribution in [1.82, 2.24) is 14.4 Å². The molecule has 3 aromatic rings. The number of hydrogen-bond donors (Lipinski definition) is 0. The summed E-state index contributed by atoms with van der Waals surface area (Å²) in [5.74, 6) is -0.507. The van der Waals surface area contributed by atoms with Crippen molar-refractivity contribution in [3.8, 4) is 5.75 Å². The second-order valence-corrected chi connectivity index (χ2v) is 9.42. The maximum Gasteiger partial charge on any atom is 0.295 e. The van der Waals surface area contributed by atoms with Crippen LogP contribution in [-0.4, -0.2) is 59.3 Å². The Morgan fingerprint density at radius 2 is 1.79 bits per heavy atom. The van der Waals surface area contributed by atoms with Crippen LogP contribution in [0, 0.1) is 0 Å². The van der Waals surface area contributed by atoms with Crippen LogP contribution in [0.1, 0.15) is 28.9 Å². The number of Topliss-reactive ketones (excluding diaryl/α,β-unsaturated/α-hetero) is 1. The number of ether oxygens (including phenoxy) is 1. The lowest BCUT2D eigenvalue weighted by molar-refractivity contribution is -0.127. The van der Waals surface area contributed by atoms with Gasteiger partial charge in [-0.2, -0.15) is 0 Å². The third kappa shape index (κ3) is 4.74. The summed E-state index contributed by atoms with van der Waals surface area (Å²) in [7, 11) is 5.96. The molecule has 174 valence electrons. The quantitative estimate of drug-likeness (QED) is 0.370. The Morgan fingerprint density at radius 3 is 2.45 bits per heavy atom. The maximum absolute atomic E-state index is 13.5. The van der Waals surface area contributed by atoms with Crippen molar-refractivity contribution in [3.05, 3.63) is 63.8 Å². The second kappa shape index (κ2) is 9.75. The van der Waals surface area contributed by atoms with Crippen LogP contribution >= 0.6 is 23.2 Å². The first-order valence-electron chi connectivity index (χ1n) is 10.9. The van der Waals surface area contributed by atoms with Gasteiger partial charge in [-0.15, -0.1) is 0 Å². The van der Waals surface area contributed by atoms with Gasteiger partial charge in [-0.3, -0.25) is 9.59 Å². The Balaban J connectivity index is 1.63. The van der Waals surface area contributed by atoms with Crippen molar-refractivity contribution in [2.45, 2.75) is 25.5 Å². The first kappa shape index (κ1) is 23.6. The predicted octanol–water partition coefficient (Wildman–Crippen LogP) is 4.80. The van der Waals surface area contributed by atoms with E-state index in [9.17, 15) is 9.59 Å². The van der Waals surface area contributed by atoms with Gasteiger partial charge in [-0.1, -0.05) is 41.4 Å². The Kier molecular flexibility index (Phi) is 6.98. The monoisotopic (exact) mass is 487 g/mol. The SMILES string of the molecule is CN(C)C1CCN(C(=O)C(=O)c2c(COc3ccc(Cl)cc3Cl)n(C)c3ccccc23)CC1. The van der Waals surface area contributed by atoms with Crippen molar-refractivity contribution in [2.75, 3.05) is 27.2 Å². The third-order valence-corrected chi connectivity index (χ3v) is 6.92. The molecule has 0 bridgehead atoms. The summed E-state index contributed by atoms with van der Waals surface area (Å²) in [5, 5.41) is 1.63. The number of aryl methyl sites for hydroxylation is 1. The number of piperidine rings is 1. The predicted molar refractivity (Wildman–Crippen MR) is 131 cm³/mol. The van der Waals surface area contributed by atoms with E-state index in [2.05, 4.69) is 4.90 Å². The number of carbonyl (C=O) groups is 2. The molecule has 4 rings (SSSR count).